The van der Waals surface area contributed by atoms with Gasteiger partial charge in [-0.25, -0.2) is 4.79 Å². The third-order valence-corrected chi connectivity index (χ3v) is 2.25. The smallest absolute Gasteiger partial charge is 0.377 e. The molecule has 64 valence electrons. The van der Waals surface area contributed by atoms with Gasteiger partial charge in [-0.15, -0.1) is 0 Å². The molecule has 6 heteroatoms. The highest BCUT2D eigenvalue weighted by Crippen LogP contribution is 2.15. The number of carbonyl (C=O) groups excluding carboxylic acids is 1. The van der Waals surface area contributed by atoms with E-state index in [9.17, 15) is 9.59 Å². The fourth-order valence-corrected chi connectivity index (χ4v) is 1.06. The molecule has 12 heavy (non-hydrogen) atoms. The Kier molecular flexibility index (Phi) is 2.27. The summed E-state index contributed by atoms with van der Waals surface area (Å²) < 4.78 is 1.74. The number of aryl methyl sites for hydroxylation is 1. The van der Waals surface area contributed by atoms with E-state index in [0.29, 0.717) is 4.60 Å². The van der Waals surface area contributed by atoms with Gasteiger partial charge in [0.2, 0.25) is 0 Å². The standard InChI is InChI=1S/C6H5BrN2O3/c1-9-5(7)3(2-8-9)4(10)6(11)12/h2H,1H3,(H,11,12). The van der Waals surface area contributed by atoms with Crippen LogP contribution in [0.15, 0.2) is 10.8 Å². The van der Waals surface area contributed by atoms with E-state index in [1.54, 1.807) is 7.05 Å². The third kappa shape index (κ3) is 1.38. The predicted octanol–water partition coefficient (Wildman–Crippen LogP) is 0.450. The van der Waals surface area contributed by atoms with Crippen molar-refractivity contribution in [2.75, 3.05) is 0 Å². The van der Waals surface area contributed by atoms with E-state index < -0.39 is 11.8 Å². The van der Waals surface area contributed by atoms with Crippen LogP contribution in [0.1, 0.15) is 10.4 Å². The first-order valence-corrected chi connectivity index (χ1v) is 3.78. The maximum atomic E-state index is 10.9. The second kappa shape index (κ2) is 3.06. The van der Waals surface area contributed by atoms with E-state index in [1.807, 2.05) is 0 Å². The predicted molar refractivity (Wildman–Crippen MR) is 42.9 cm³/mol. The average Bonchev–Trinajstić information content (AvgIpc) is 2.32. The van der Waals surface area contributed by atoms with Crippen LogP contribution in [-0.2, 0) is 11.8 Å². The number of halogens is 1. The SMILES string of the molecule is Cn1ncc(C(=O)C(=O)O)c1Br. The van der Waals surface area contributed by atoms with Gasteiger partial charge in [-0.3, -0.25) is 9.48 Å². The zero-order valence-corrected chi connectivity index (χ0v) is 7.70. The number of ketones is 1. The molecule has 0 amide bonds. The molecule has 0 saturated heterocycles. The maximum Gasteiger partial charge on any atom is 0.377 e. The Balaban J connectivity index is 3.12. The molecule has 0 aliphatic heterocycles. The Morgan fingerprint density at radius 1 is 1.67 bits per heavy atom. The van der Waals surface area contributed by atoms with Crippen LogP contribution in [0.5, 0.6) is 0 Å². The molecule has 1 aromatic rings. The largest absolute Gasteiger partial charge is 0.475 e. The van der Waals surface area contributed by atoms with Gasteiger partial charge in [0.05, 0.1) is 11.8 Å². The molecule has 1 aromatic heterocycles. The molecule has 0 aliphatic rings. The second-order valence-electron chi connectivity index (χ2n) is 2.11. The van der Waals surface area contributed by atoms with E-state index in [4.69, 9.17) is 5.11 Å². The lowest BCUT2D eigenvalue weighted by Crippen LogP contribution is -2.12. The number of rotatable bonds is 2. The van der Waals surface area contributed by atoms with Gasteiger partial charge in [-0.1, -0.05) is 0 Å². The second-order valence-corrected chi connectivity index (χ2v) is 2.86. The summed E-state index contributed by atoms with van der Waals surface area (Å²) in [4.78, 5) is 21.1. The molecule has 0 spiro atoms. The number of carboxylic acids is 1. The Morgan fingerprint density at radius 3 is 2.58 bits per heavy atom. The number of carbonyl (C=O) groups is 2. The summed E-state index contributed by atoms with van der Waals surface area (Å²) in [5.41, 5.74) is 0.0602. The average molecular weight is 233 g/mol. The monoisotopic (exact) mass is 232 g/mol. The van der Waals surface area contributed by atoms with Crippen LogP contribution >= 0.6 is 15.9 Å². The van der Waals surface area contributed by atoms with Crippen molar-refractivity contribution in [3.8, 4) is 0 Å². The van der Waals surface area contributed by atoms with Crippen molar-refractivity contribution in [3.63, 3.8) is 0 Å². The van der Waals surface area contributed by atoms with Gasteiger partial charge in [-0.2, -0.15) is 5.10 Å². The third-order valence-electron chi connectivity index (χ3n) is 1.31. The fraction of sp³-hybridized carbons (Fsp3) is 0.167. The molecule has 0 fully saturated rings. The molecule has 1 rings (SSSR count). The maximum absolute atomic E-state index is 10.9. The highest BCUT2D eigenvalue weighted by Gasteiger charge is 2.20. The van der Waals surface area contributed by atoms with E-state index in [0.717, 1.165) is 0 Å². The molecular formula is C6H5BrN2O3. The molecular weight excluding hydrogens is 228 g/mol. The van der Waals surface area contributed by atoms with Gasteiger partial charge in [0, 0.05) is 7.05 Å². The number of hydrogen-bond acceptors (Lipinski definition) is 3. The van der Waals surface area contributed by atoms with Gasteiger partial charge >= 0.3 is 5.97 Å². The summed E-state index contributed by atoms with van der Waals surface area (Å²) in [7, 11) is 1.60. The minimum absolute atomic E-state index is 0.0602. The minimum atomic E-state index is -1.48. The summed E-state index contributed by atoms with van der Waals surface area (Å²) >= 11 is 3.04. The Hall–Kier alpha value is -1.17. The van der Waals surface area contributed by atoms with Crippen LogP contribution in [0, 0.1) is 0 Å². The van der Waals surface area contributed by atoms with Crippen LogP contribution < -0.4 is 0 Å². The van der Waals surface area contributed by atoms with E-state index >= 15 is 0 Å². The molecule has 0 aromatic carbocycles. The number of Topliss-reactive ketones (excluding diaryl/α,β-unsaturated/α-hetero) is 1. The lowest BCUT2D eigenvalue weighted by atomic mass is 10.2. The Bertz CT molecular complexity index is 345. The van der Waals surface area contributed by atoms with E-state index in [2.05, 4.69) is 21.0 Å². The summed E-state index contributed by atoms with van der Waals surface area (Å²) in [6.07, 6.45) is 1.21. The molecule has 1 N–H and O–H groups in total. The van der Waals surface area contributed by atoms with Crippen molar-refractivity contribution < 1.29 is 14.7 Å². The summed E-state index contributed by atoms with van der Waals surface area (Å²) in [5, 5.41) is 12.1. The minimum Gasteiger partial charge on any atom is -0.475 e. The Morgan fingerprint density at radius 2 is 2.25 bits per heavy atom. The van der Waals surface area contributed by atoms with E-state index in [1.165, 1.54) is 10.9 Å². The first kappa shape index (κ1) is 8.92. The molecule has 0 radical (unpaired) electrons. The summed E-state index contributed by atoms with van der Waals surface area (Å²) in [6.45, 7) is 0. The van der Waals surface area contributed by atoms with Crippen molar-refractivity contribution >= 4 is 27.7 Å². The molecule has 0 atom stereocenters. The van der Waals surface area contributed by atoms with Crippen molar-refractivity contribution in [3.05, 3.63) is 16.4 Å². The van der Waals surface area contributed by atoms with Crippen LogP contribution in [0.4, 0.5) is 0 Å². The number of nitrogens with zero attached hydrogens (tertiary/aromatic N) is 2. The van der Waals surface area contributed by atoms with Gasteiger partial charge < -0.3 is 5.11 Å². The van der Waals surface area contributed by atoms with E-state index in [-0.39, 0.29) is 5.56 Å². The normalized spacial score (nSPS) is 9.83. The molecule has 1 heterocycles. The van der Waals surface area contributed by atoms with Gasteiger partial charge in [0.25, 0.3) is 5.78 Å². The van der Waals surface area contributed by atoms with Crippen molar-refractivity contribution in [1.29, 1.82) is 0 Å². The van der Waals surface area contributed by atoms with Crippen molar-refractivity contribution in [2.45, 2.75) is 0 Å². The molecule has 0 aliphatic carbocycles. The van der Waals surface area contributed by atoms with Crippen molar-refractivity contribution in [2.24, 2.45) is 7.05 Å². The van der Waals surface area contributed by atoms with Crippen LogP contribution in [-0.4, -0.2) is 26.6 Å². The Labute approximate surface area is 76.1 Å². The quantitative estimate of drug-likeness (QED) is 0.594. The van der Waals surface area contributed by atoms with Crippen LogP contribution in [0.3, 0.4) is 0 Å². The number of carboxylic acid groups (broad SMARTS) is 1. The summed E-state index contributed by atoms with van der Waals surface area (Å²) in [6, 6.07) is 0. The highest BCUT2D eigenvalue weighted by atomic mass is 79.9. The van der Waals surface area contributed by atoms with Gasteiger partial charge in [0.15, 0.2) is 0 Å². The highest BCUT2D eigenvalue weighted by molar-refractivity contribution is 9.10. The molecule has 5 nitrogen and oxygen atoms in total. The van der Waals surface area contributed by atoms with Gasteiger partial charge in [-0.05, 0) is 15.9 Å². The number of aromatic nitrogens is 2. The fourth-order valence-electron chi connectivity index (χ4n) is 0.690. The van der Waals surface area contributed by atoms with Crippen molar-refractivity contribution in [1.82, 2.24) is 9.78 Å². The van der Waals surface area contributed by atoms with Crippen LogP contribution in [0.2, 0.25) is 0 Å². The first-order valence-electron chi connectivity index (χ1n) is 2.99. The topological polar surface area (TPSA) is 72.2 Å². The molecule has 0 bridgehead atoms. The zero-order chi connectivity index (χ0) is 9.30. The summed E-state index contributed by atoms with van der Waals surface area (Å²) in [5.74, 6) is -2.45. The lowest BCUT2D eigenvalue weighted by molar-refractivity contribution is -0.131. The molecule has 0 saturated carbocycles. The number of aliphatic carboxylic acids is 1. The number of hydrogen-bond donors (Lipinski definition) is 1. The van der Waals surface area contributed by atoms with Crippen LogP contribution in [0.25, 0.3) is 0 Å². The zero-order valence-electron chi connectivity index (χ0n) is 6.11. The van der Waals surface area contributed by atoms with Gasteiger partial charge in [0.1, 0.15) is 4.60 Å². The lowest BCUT2D eigenvalue weighted by Gasteiger charge is -1.92. The molecule has 0 unspecified atom stereocenters. The first-order chi connectivity index (χ1) is 5.54.